The van der Waals surface area contributed by atoms with E-state index in [1.807, 2.05) is 25.1 Å². The first-order valence-corrected chi connectivity index (χ1v) is 9.45. The van der Waals surface area contributed by atoms with Crippen LogP contribution in [0.5, 0.6) is 0 Å². The van der Waals surface area contributed by atoms with Crippen LogP contribution in [0, 0.1) is 6.92 Å². The third kappa shape index (κ3) is 2.67. The number of benzene rings is 1. The Labute approximate surface area is 156 Å². The Morgan fingerprint density at radius 2 is 2.31 bits per heavy atom. The lowest BCUT2D eigenvalue weighted by atomic mass is 10.00. The fourth-order valence-corrected chi connectivity index (χ4v) is 4.35. The Bertz CT molecular complexity index is 831. The number of nitrogens with zero attached hydrogens (tertiary/aromatic N) is 2. The number of alkyl halides is 1. The lowest BCUT2D eigenvalue weighted by Crippen LogP contribution is -2.39. The summed E-state index contributed by atoms with van der Waals surface area (Å²) >= 11 is 6.42. The molecule has 0 radical (unpaired) electrons. The molecule has 2 bridgehead atoms. The first-order chi connectivity index (χ1) is 12.5. The zero-order valence-corrected chi connectivity index (χ0v) is 15.4. The topological polar surface area (TPSA) is 50.5 Å². The second-order valence-electron chi connectivity index (χ2n) is 7.57. The van der Waals surface area contributed by atoms with Gasteiger partial charge in [-0.3, -0.25) is 10.2 Å². The third-order valence-electron chi connectivity index (χ3n) is 5.69. The van der Waals surface area contributed by atoms with Crippen LogP contribution in [0.3, 0.4) is 0 Å². The van der Waals surface area contributed by atoms with Crippen molar-refractivity contribution in [2.75, 3.05) is 13.2 Å². The SMILES string of the molecule is Cc1cccc(Cl)c1-c1noc(C2(F)CC2)c1CO[C@@H]1C[C@@H]2C[N@@]1CN2. The first-order valence-electron chi connectivity index (χ1n) is 9.07. The van der Waals surface area contributed by atoms with E-state index in [1.54, 1.807) is 0 Å². The highest BCUT2D eigenvalue weighted by Gasteiger charge is 2.51. The van der Waals surface area contributed by atoms with Crippen molar-refractivity contribution in [2.45, 2.75) is 50.7 Å². The minimum atomic E-state index is -1.41. The number of rotatable bonds is 5. The minimum absolute atomic E-state index is 0.0546. The second-order valence-corrected chi connectivity index (χ2v) is 7.97. The molecule has 5 nitrogen and oxygen atoms in total. The second kappa shape index (κ2) is 6.02. The smallest absolute Gasteiger partial charge is 0.180 e. The van der Waals surface area contributed by atoms with E-state index < -0.39 is 5.67 Å². The molecule has 3 fully saturated rings. The minimum Gasteiger partial charge on any atom is -0.358 e. The highest BCUT2D eigenvalue weighted by Crippen LogP contribution is 2.52. The summed E-state index contributed by atoms with van der Waals surface area (Å²) in [6.07, 6.45) is 1.94. The normalized spacial score (nSPS) is 28.7. The van der Waals surface area contributed by atoms with E-state index in [2.05, 4.69) is 15.4 Å². The van der Waals surface area contributed by atoms with Crippen LogP contribution < -0.4 is 5.32 Å². The van der Waals surface area contributed by atoms with Gasteiger partial charge in [0.1, 0.15) is 11.9 Å². The Morgan fingerprint density at radius 1 is 1.46 bits per heavy atom. The maximum atomic E-state index is 14.8. The summed E-state index contributed by atoms with van der Waals surface area (Å²) in [6, 6.07) is 6.17. The third-order valence-corrected chi connectivity index (χ3v) is 6.01. The molecule has 0 spiro atoms. The molecule has 3 atom stereocenters. The fourth-order valence-electron chi connectivity index (χ4n) is 4.04. The van der Waals surface area contributed by atoms with Gasteiger partial charge in [-0.1, -0.05) is 28.9 Å². The molecule has 1 N–H and O–H groups in total. The van der Waals surface area contributed by atoms with Crippen molar-refractivity contribution < 1.29 is 13.7 Å². The van der Waals surface area contributed by atoms with Gasteiger partial charge in [0, 0.05) is 24.6 Å². The summed E-state index contributed by atoms with van der Waals surface area (Å²) < 4.78 is 26.5. The number of aryl methyl sites for hydroxylation is 1. The van der Waals surface area contributed by atoms with Crippen LogP contribution in [-0.2, 0) is 17.0 Å². The van der Waals surface area contributed by atoms with Gasteiger partial charge in [0.15, 0.2) is 11.4 Å². The number of nitrogens with one attached hydrogen (secondary N) is 1. The van der Waals surface area contributed by atoms with E-state index in [9.17, 15) is 4.39 Å². The maximum Gasteiger partial charge on any atom is 0.180 e. The molecule has 1 aliphatic carbocycles. The molecule has 3 heterocycles. The molecule has 138 valence electrons. The quantitative estimate of drug-likeness (QED) is 0.860. The molecule has 0 amide bonds. The molecule has 1 saturated carbocycles. The van der Waals surface area contributed by atoms with Crippen LogP contribution in [0.1, 0.15) is 36.1 Å². The summed E-state index contributed by atoms with van der Waals surface area (Å²) in [7, 11) is 0. The predicted molar refractivity (Wildman–Crippen MR) is 95.4 cm³/mol. The van der Waals surface area contributed by atoms with Crippen molar-refractivity contribution in [2.24, 2.45) is 0 Å². The Morgan fingerprint density at radius 3 is 2.96 bits per heavy atom. The van der Waals surface area contributed by atoms with Crippen molar-refractivity contribution >= 4 is 11.6 Å². The van der Waals surface area contributed by atoms with Gasteiger partial charge in [0.2, 0.25) is 0 Å². The lowest BCUT2D eigenvalue weighted by Gasteiger charge is -2.25. The van der Waals surface area contributed by atoms with Crippen LogP contribution in [0.25, 0.3) is 11.3 Å². The lowest BCUT2D eigenvalue weighted by molar-refractivity contribution is -0.0527. The van der Waals surface area contributed by atoms with Crippen molar-refractivity contribution in [3.8, 4) is 11.3 Å². The van der Waals surface area contributed by atoms with Crippen LogP contribution in [-0.4, -0.2) is 35.5 Å². The van der Waals surface area contributed by atoms with E-state index in [0.29, 0.717) is 40.9 Å². The average molecular weight is 378 g/mol. The van der Waals surface area contributed by atoms with E-state index in [0.717, 1.165) is 30.8 Å². The van der Waals surface area contributed by atoms with Crippen molar-refractivity contribution in [3.63, 3.8) is 0 Å². The van der Waals surface area contributed by atoms with Crippen LogP contribution in [0.15, 0.2) is 22.7 Å². The van der Waals surface area contributed by atoms with Gasteiger partial charge in [-0.05, 0) is 31.4 Å². The summed E-state index contributed by atoms with van der Waals surface area (Å²) in [6.45, 7) is 4.09. The van der Waals surface area contributed by atoms with Crippen molar-refractivity contribution in [1.82, 2.24) is 15.4 Å². The number of hydrogen-bond donors (Lipinski definition) is 1. The van der Waals surface area contributed by atoms with Crippen LogP contribution >= 0.6 is 11.6 Å². The molecule has 26 heavy (non-hydrogen) atoms. The molecule has 2 aliphatic heterocycles. The Balaban J connectivity index is 1.49. The molecule has 3 aliphatic rings. The fraction of sp³-hybridized carbons (Fsp3) is 0.526. The van der Waals surface area contributed by atoms with Gasteiger partial charge in [-0.25, -0.2) is 4.39 Å². The van der Waals surface area contributed by atoms with E-state index in [1.165, 1.54) is 0 Å². The largest absolute Gasteiger partial charge is 0.358 e. The number of aromatic nitrogens is 1. The van der Waals surface area contributed by atoms with Gasteiger partial charge >= 0.3 is 0 Å². The molecular weight excluding hydrogens is 357 g/mol. The van der Waals surface area contributed by atoms with Gasteiger partial charge in [0.05, 0.1) is 23.9 Å². The predicted octanol–water partition coefficient (Wildman–Crippen LogP) is 3.74. The highest BCUT2D eigenvalue weighted by molar-refractivity contribution is 6.33. The molecule has 1 aromatic heterocycles. The number of ether oxygens (including phenoxy) is 1. The van der Waals surface area contributed by atoms with Gasteiger partial charge in [-0.15, -0.1) is 0 Å². The zero-order chi connectivity index (χ0) is 17.9. The van der Waals surface area contributed by atoms with E-state index in [-0.39, 0.29) is 12.8 Å². The molecular formula is C19H21ClFN3O2. The first kappa shape index (κ1) is 16.7. The van der Waals surface area contributed by atoms with Crippen LogP contribution in [0.4, 0.5) is 4.39 Å². The highest BCUT2D eigenvalue weighted by atomic mass is 35.5. The molecule has 1 aromatic carbocycles. The van der Waals surface area contributed by atoms with E-state index >= 15 is 0 Å². The number of hydrogen-bond acceptors (Lipinski definition) is 5. The number of halogens is 2. The Kier molecular flexibility index (Phi) is 3.87. The van der Waals surface area contributed by atoms with Gasteiger partial charge in [-0.2, -0.15) is 0 Å². The maximum absolute atomic E-state index is 14.8. The summed E-state index contributed by atoms with van der Waals surface area (Å²) in [5.74, 6) is 0.308. The van der Waals surface area contributed by atoms with Gasteiger partial charge < -0.3 is 9.26 Å². The van der Waals surface area contributed by atoms with Crippen LogP contribution in [0.2, 0.25) is 5.02 Å². The standard InChI is InChI=1S/C19H21ClFN3O2/c1-11-3-2-4-14(20)16(11)17-13(18(26-23-17)19(21)5-6-19)9-25-15-7-12-8-24(15)10-22-12/h2-4,12,15,22H,5-10H2,1H3/t12-,15-/m1/s1. The summed E-state index contributed by atoms with van der Waals surface area (Å²) in [5, 5.41) is 8.20. The molecule has 2 saturated heterocycles. The van der Waals surface area contributed by atoms with Crippen molar-refractivity contribution in [1.29, 1.82) is 0 Å². The molecule has 2 aromatic rings. The van der Waals surface area contributed by atoms with Gasteiger partial charge in [0.25, 0.3) is 0 Å². The number of fused-ring (bicyclic) bond motifs is 2. The molecule has 7 heteroatoms. The monoisotopic (exact) mass is 377 g/mol. The molecule has 0 unspecified atom stereocenters. The van der Waals surface area contributed by atoms with Crippen molar-refractivity contribution in [3.05, 3.63) is 40.1 Å². The van der Waals surface area contributed by atoms with E-state index in [4.69, 9.17) is 20.9 Å². The Hall–Kier alpha value is -1.47. The summed E-state index contributed by atoms with van der Waals surface area (Å²) in [5.41, 5.74) is 1.66. The zero-order valence-electron chi connectivity index (χ0n) is 14.6. The molecule has 5 rings (SSSR count). The average Bonchev–Trinajstić information content (AvgIpc) is 3.01. The summed E-state index contributed by atoms with van der Waals surface area (Å²) in [4.78, 5) is 2.26.